The van der Waals surface area contributed by atoms with Gasteiger partial charge in [0.05, 0.1) is 17.2 Å². The molecule has 2 aliphatic carbocycles. The summed E-state index contributed by atoms with van der Waals surface area (Å²) >= 11 is 0. The monoisotopic (exact) mass is 346 g/mol. The molecule has 4 heteroatoms. The van der Waals surface area contributed by atoms with E-state index in [1.165, 1.54) is 0 Å². The molecule has 2 fully saturated rings. The fourth-order valence-electron chi connectivity index (χ4n) is 3.79. The Kier molecular flexibility index (Phi) is 4.16. The van der Waals surface area contributed by atoms with Gasteiger partial charge in [0, 0.05) is 6.42 Å². The molecule has 2 aromatic carbocycles. The number of hydrogen-bond donors (Lipinski definition) is 2. The van der Waals surface area contributed by atoms with Gasteiger partial charge >= 0.3 is 0 Å². The van der Waals surface area contributed by atoms with E-state index in [1.807, 2.05) is 30.3 Å². The first-order chi connectivity index (χ1) is 12.6. The van der Waals surface area contributed by atoms with E-state index in [0.717, 1.165) is 36.8 Å². The summed E-state index contributed by atoms with van der Waals surface area (Å²) in [5.41, 5.74) is 2.48. The van der Waals surface area contributed by atoms with Crippen LogP contribution in [0.15, 0.2) is 48.5 Å². The quantitative estimate of drug-likeness (QED) is 0.832. The maximum atomic E-state index is 12.8. The van der Waals surface area contributed by atoms with Crippen LogP contribution in [-0.2, 0) is 10.3 Å². The molecule has 1 atom stereocenters. The third-order valence-corrected chi connectivity index (χ3v) is 5.59. The van der Waals surface area contributed by atoms with Crippen molar-refractivity contribution in [3.05, 3.63) is 65.2 Å². The van der Waals surface area contributed by atoms with E-state index in [9.17, 15) is 9.90 Å². The van der Waals surface area contributed by atoms with Crippen LogP contribution in [-0.4, -0.2) is 11.0 Å². The van der Waals surface area contributed by atoms with Crippen LogP contribution in [0.2, 0.25) is 0 Å². The van der Waals surface area contributed by atoms with Crippen molar-refractivity contribution in [3.8, 4) is 11.8 Å². The summed E-state index contributed by atoms with van der Waals surface area (Å²) in [7, 11) is 0. The van der Waals surface area contributed by atoms with Gasteiger partial charge in [-0.05, 0) is 72.9 Å². The molecule has 0 aromatic heterocycles. The van der Waals surface area contributed by atoms with Crippen molar-refractivity contribution in [3.63, 3.8) is 0 Å². The number of hydrogen-bond acceptors (Lipinski definition) is 3. The maximum Gasteiger partial charge on any atom is 0.221 e. The average molecular weight is 346 g/mol. The number of nitriles is 1. The lowest BCUT2D eigenvalue weighted by atomic mass is 9.90. The summed E-state index contributed by atoms with van der Waals surface area (Å²) in [5.74, 6) is 1.08. The highest BCUT2D eigenvalue weighted by Crippen LogP contribution is 2.47. The van der Waals surface area contributed by atoms with Gasteiger partial charge in [0.15, 0.2) is 0 Å². The molecule has 0 aliphatic heterocycles. The van der Waals surface area contributed by atoms with E-state index in [0.29, 0.717) is 17.9 Å². The zero-order valence-corrected chi connectivity index (χ0v) is 14.6. The van der Waals surface area contributed by atoms with Crippen LogP contribution in [0.4, 0.5) is 0 Å². The highest BCUT2D eigenvalue weighted by Gasteiger charge is 2.46. The smallest absolute Gasteiger partial charge is 0.221 e. The Hall–Kier alpha value is -2.80. The Morgan fingerprint density at radius 2 is 1.96 bits per heavy atom. The molecule has 0 heterocycles. The molecule has 2 aromatic rings. The molecular weight excluding hydrogens is 324 g/mol. The molecule has 0 radical (unpaired) electrons. The molecule has 1 unspecified atom stereocenters. The van der Waals surface area contributed by atoms with Crippen LogP contribution in [0.5, 0.6) is 5.75 Å². The number of phenolic OH excluding ortho intramolecular Hbond substituents is 1. The molecule has 4 rings (SSSR count). The van der Waals surface area contributed by atoms with Crippen LogP contribution in [0.25, 0.3) is 0 Å². The Morgan fingerprint density at radius 1 is 1.23 bits per heavy atom. The van der Waals surface area contributed by atoms with E-state index < -0.39 is 0 Å². The highest BCUT2D eigenvalue weighted by molar-refractivity contribution is 5.78. The average Bonchev–Trinajstić information content (AvgIpc) is 3.56. The minimum absolute atomic E-state index is 0.0647. The van der Waals surface area contributed by atoms with Crippen molar-refractivity contribution >= 4 is 5.91 Å². The van der Waals surface area contributed by atoms with Gasteiger partial charge in [0.1, 0.15) is 5.75 Å². The number of nitrogens with one attached hydrogen (secondary N) is 1. The van der Waals surface area contributed by atoms with Crippen molar-refractivity contribution in [2.75, 3.05) is 0 Å². The van der Waals surface area contributed by atoms with E-state index in [4.69, 9.17) is 5.26 Å². The number of carbonyl (C=O) groups excluding carboxylic acids is 1. The van der Waals surface area contributed by atoms with Gasteiger partial charge in [-0.25, -0.2) is 0 Å². The molecule has 132 valence electrons. The van der Waals surface area contributed by atoms with E-state index >= 15 is 0 Å². The summed E-state index contributed by atoms with van der Waals surface area (Å²) in [6.07, 6.45) is 4.62. The second-order valence-electron chi connectivity index (χ2n) is 7.56. The fraction of sp³-hybridized carbons (Fsp3) is 0.364. The van der Waals surface area contributed by atoms with Gasteiger partial charge in [0.25, 0.3) is 0 Å². The molecule has 1 amide bonds. The fourth-order valence-corrected chi connectivity index (χ4v) is 3.79. The van der Waals surface area contributed by atoms with Gasteiger partial charge < -0.3 is 10.4 Å². The zero-order valence-electron chi connectivity index (χ0n) is 14.6. The number of nitrogens with zero attached hydrogens (tertiary/aromatic N) is 1. The molecule has 0 saturated heterocycles. The van der Waals surface area contributed by atoms with Gasteiger partial charge in [-0.1, -0.05) is 24.3 Å². The van der Waals surface area contributed by atoms with Gasteiger partial charge in [-0.15, -0.1) is 0 Å². The van der Waals surface area contributed by atoms with Crippen molar-refractivity contribution in [1.29, 1.82) is 5.26 Å². The number of phenols is 1. The van der Waals surface area contributed by atoms with E-state index in [1.54, 1.807) is 18.2 Å². The Balaban J connectivity index is 1.47. The molecule has 4 nitrogen and oxygen atoms in total. The first-order valence-electron chi connectivity index (χ1n) is 9.20. The predicted octanol–water partition coefficient (Wildman–Crippen LogP) is 3.95. The number of amides is 1. The maximum absolute atomic E-state index is 12.8. The standard InChI is InChI=1S/C22H22N2O2/c23-14-15-2-1-3-18(12-15)22(10-11-22)24-21(26)13-20(16-4-5-16)17-6-8-19(25)9-7-17/h1-3,6-9,12,16,20,25H,4-5,10-11,13H2,(H,24,26). The largest absolute Gasteiger partial charge is 0.508 e. The predicted molar refractivity (Wildman–Crippen MR) is 98.4 cm³/mol. The second-order valence-corrected chi connectivity index (χ2v) is 7.56. The van der Waals surface area contributed by atoms with Crippen LogP contribution >= 0.6 is 0 Å². The SMILES string of the molecule is N#Cc1cccc(C2(NC(=O)CC(c3ccc(O)cc3)C3CC3)CC2)c1. The Labute approximate surface area is 153 Å². The highest BCUT2D eigenvalue weighted by atomic mass is 16.3. The van der Waals surface area contributed by atoms with Gasteiger partial charge in [0.2, 0.25) is 5.91 Å². The number of carbonyl (C=O) groups is 1. The minimum atomic E-state index is -0.299. The first-order valence-corrected chi connectivity index (χ1v) is 9.20. The Bertz CT molecular complexity index is 858. The lowest BCUT2D eigenvalue weighted by molar-refractivity contribution is -0.122. The summed E-state index contributed by atoms with van der Waals surface area (Å²) in [4.78, 5) is 12.8. The van der Waals surface area contributed by atoms with Gasteiger partial charge in [-0.2, -0.15) is 5.26 Å². The minimum Gasteiger partial charge on any atom is -0.508 e. The first kappa shape index (κ1) is 16.7. The number of benzene rings is 2. The molecule has 0 spiro atoms. The normalized spacial score (nSPS) is 18.6. The number of aromatic hydroxyl groups is 1. The van der Waals surface area contributed by atoms with Crippen molar-refractivity contribution < 1.29 is 9.90 Å². The van der Waals surface area contributed by atoms with Gasteiger partial charge in [-0.3, -0.25) is 4.79 Å². The molecule has 2 N–H and O–H groups in total. The second kappa shape index (κ2) is 6.49. The molecule has 2 aliphatic rings. The molecule has 0 bridgehead atoms. The summed E-state index contributed by atoms with van der Waals surface area (Å²) in [6, 6.07) is 16.9. The lowest BCUT2D eigenvalue weighted by Crippen LogP contribution is -2.35. The third kappa shape index (κ3) is 3.43. The topological polar surface area (TPSA) is 73.1 Å². The van der Waals surface area contributed by atoms with Crippen LogP contribution < -0.4 is 5.32 Å². The van der Waals surface area contributed by atoms with Crippen LogP contribution in [0, 0.1) is 17.2 Å². The summed E-state index contributed by atoms with van der Waals surface area (Å²) in [5, 5.41) is 21.8. The third-order valence-electron chi connectivity index (χ3n) is 5.59. The summed E-state index contributed by atoms with van der Waals surface area (Å²) in [6.45, 7) is 0. The van der Waals surface area contributed by atoms with Crippen LogP contribution in [0.3, 0.4) is 0 Å². The van der Waals surface area contributed by atoms with Crippen molar-refractivity contribution in [1.82, 2.24) is 5.32 Å². The van der Waals surface area contributed by atoms with E-state index in [-0.39, 0.29) is 23.1 Å². The number of rotatable bonds is 6. The summed E-state index contributed by atoms with van der Waals surface area (Å²) < 4.78 is 0. The lowest BCUT2D eigenvalue weighted by Gasteiger charge is -2.21. The molecular formula is C22H22N2O2. The molecule has 26 heavy (non-hydrogen) atoms. The molecule has 2 saturated carbocycles. The van der Waals surface area contributed by atoms with E-state index in [2.05, 4.69) is 11.4 Å². The van der Waals surface area contributed by atoms with Crippen LogP contribution in [0.1, 0.15) is 54.7 Å². The zero-order chi connectivity index (χ0) is 18.1. The van der Waals surface area contributed by atoms with Crippen molar-refractivity contribution in [2.45, 2.75) is 43.6 Å². The Morgan fingerprint density at radius 3 is 2.58 bits per heavy atom. The van der Waals surface area contributed by atoms with Crippen molar-refractivity contribution in [2.24, 2.45) is 5.92 Å².